The molecule has 0 amide bonds. The summed E-state index contributed by atoms with van der Waals surface area (Å²) < 4.78 is 47.0. The molecular formula is C22H13Cl2F3N2O2. The third kappa shape index (κ3) is 4.84. The van der Waals surface area contributed by atoms with Crippen LogP contribution in [0.3, 0.4) is 0 Å². The second-order valence-corrected chi connectivity index (χ2v) is 7.59. The van der Waals surface area contributed by atoms with E-state index in [4.69, 9.17) is 33.5 Å². The topological polar surface area (TPSA) is 54.7 Å². The van der Waals surface area contributed by atoms with E-state index in [1.807, 2.05) is 12.1 Å². The Morgan fingerprint density at radius 3 is 2.26 bits per heavy atom. The molecule has 3 aromatic carbocycles. The standard InChI is InChI=1S/C22H13Cl2F3N2O2/c23-17-6-15(7-18(24)10-17)20-9-16(11-30-21(20)29-28)13-1-2-14-8-19(31-22(25,26)27)4-3-12(14)5-13/h1-10,28H,11H2. The maximum absolute atomic E-state index is 12.5. The lowest BCUT2D eigenvalue weighted by molar-refractivity contribution is -0.274. The van der Waals surface area contributed by atoms with Crippen molar-refractivity contribution in [3.63, 3.8) is 0 Å². The lowest BCUT2D eigenvalue weighted by atomic mass is 9.96. The quantitative estimate of drug-likeness (QED) is 0.399. The molecule has 0 saturated carbocycles. The van der Waals surface area contributed by atoms with Crippen LogP contribution in [-0.4, -0.2) is 13.0 Å². The van der Waals surface area contributed by atoms with E-state index in [1.165, 1.54) is 12.1 Å². The number of nitrogens with zero attached hydrogens (tertiary/aromatic N) is 1. The molecule has 0 spiro atoms. The molecule has 4 rings (SSSR count). The number of alkyl halides is 3. The number of allylic oxidation sites excluding steroid dienone is 2. The molecule has 31 heavy (non-hydrogen) atoms. The maximum atomic E-state index is 12.5. The van der Waals surface area contributed by atoms with Crippen LogP contribution in [0, 0.1) is 5.53 Å². The summed E-state index contributed by atoms with van der Waals surface area (Å²) in [6.07, 6.45) is -2.91. The molecule has 0 atom stereocenters. The highest BCUT2D eigenvalue weighted by Gasteiger charge is 2.31. The van der Waals surface area contributed by atoms with Crippen LogP contribution >= 0.6 is 23.2 Å². The first kappa shape index (κ1) is 21.2. The second-order valence-electron chi connectivity index (χ2n) is 6.72. The van der Waals surface area contributed by atoms with Crippen LogP contribution in [-0.2, 0) is 4.74 Å². The number of ether oxygens (including phenoxy) is 2. The Hall–Kier alpha value is -3.03. The van der Waals surface area contributed by atoms with Gasteiger partial charge in [-0.3, -0.25) is 0 Å². The van der Waals surface area contributed by atoms with Gasteiger partial charge in [0.25, 0.3) is 0 Å². The van der Waals surface area contributed by atoms with Gasteiger partial charge in [0.2, 0.25) is 5.88 Å². The third-order valence-corrected chi connectivity index (χ3v) is 5.04. The highest BCUT2D eigenvalue weighted by molar-refractivity contribution is 6.35. The molecule has 158 valence electrons. The summed E-state index contributed by atoms with van der Waals surface area (Å²) in [6, 6.07) is 14.5. The van der Waals surface area contributed by atoms with Crippen molar-refractivity contribution in [2.24, 2.45) is 5.11 Å². The Bertz CT molecular complexity index is 1230. The maximum Gasteiger partial charge on any atom is 0.573 e. The van der Waals surface area contributed by atoms with Crippen molar-refractivity contribution in [3.8, 4) is 5.75 Å². The van der Waals surface area contributed by atoms with Gasteiger partial charge in [-0.2, -0.15) is 0 Å². The SMILES string of the molecule is N=NC1=C(c2cc(Cl)cc(Cl)c2)C=C(c2ccc3cc(OC(F)(F)F)ccc3c2)CO1. The van der Waals surface area contributed by atoms with Crippen LogP contribution in [0.1, 0.15) is 11.1 Å². The molecule has 0 radical (unpaired) electrons. The number of hydrogen-bond donors (Lipinski definition) is 1. The van der Waals surface area contributed by atoms with Crippen LogP contribution in [0.25, 0.3) is 21.9 Å². The predicted octanol–water partition coefficient (Wildman–Crippen LogP) is 7.86. The molecule has 0 bridgehead atoms. The first-order valence-corrected chi connectivity index (χ1v) is 9.69. The molecule has 0 saturated heterocycles. The zero-order chi connectivity index (χ0) is 22.2. The summed E-state index contributed by atoms with van der Waals surface area (Å²) in [7, 11) is 0. The van der Waals surface area contributed by atoms with Crippen molar-refractivity contribution in [1.29, 1.82) is 5.53 Å². The van der Waals surface area contributed by atoms with Crippen LogP contribution < -0.4 is 4.74 Å². The summed E-state index contributed by atoms with van der Waals surface area (Å²) in [5.74, 6) is -0.144. The Morgan fingerprint density at radius 1 is 0.903 bits per heavy atom. The molecule has 1 N–H and O–H groups in total. The fraction of sp³-hybridized carbons (Fsp3) is 0.0909. The van der Waals surface area contributed by atoms with Crippen LogP contribution in [0.4, 0.5) is 13.2 Å². The minimum Gasteiger partial charge on any atom is -0.471 e. The van der Waals surface area contributed by atoms with Crippen molar-refractivity contribution >= 4 is 45.1 Å². The largest absolute Gasteiger partial charge is 0.573 e. The van der Waals surface area contributed by atoms with Crippen molar-refractivity contribution in [1.82, 2.24) is 0 Å². The normalized spacial score (nSPS) is 14.3. The average molecular weight is 465 g/mol. The van der Waals surface area contributed by atoms with Crippen molar-refractivity contribution in [2.75, 3.05) is 6.61 Å². The fourth-order valence-electron chi connectivity index (χ4n) is 3.30. The first-order valence-electron chi connectivity index (χ1n) is 8.93. The number of nitrogens with one attached hydrogen (secondary N) is 1. The Balaban J connectivity index is 1.73. The van der Waals surface area contributed by atoms with Gasteiger partial charge in [0, 0.05) is 15.6 Å². The van der Waals surface area contributed by atoms with E-state index in [9.17, 15) is 13.2 Å². The monoisotopic (exact) mass is 464 g/mol. The molecule has 1 aliphatic rings. The average Bonchev–Trinajstić information content (AvgIpc) is 2.71. The van der Waals surface area contributed by atoms with Gasteiger partial charge in [0.05, 0.1) is 0 Å². The van der Waals surface area contributed by atoms with Crippen LogP contribution in [0.2, 0.25) is 10.0 Å². The lowest BCUT2D eigenvalue weighted by Crippen LogP contribution is -2.16. The van der Waals surface area contributed by atoms with Crippen molar-refractivity contribution in [3.05, 3.63) is 87.7 Å². The number of fused-ring (bicyclic) bond motifs is 1. The van der Waals surface area contributed by atoms with Crippen molar-refractivity contribution < 1.29 is 22.6 Å². The molecule has 1 aliphatic heterocycles. The van der Waals surface area contributed by atoms with E-state index in [-0.39, 0.29) is 18.2 Å². The van der Waals surface area contributed by atoms with E-state index >= 15 is 0 Å². The Kier molecular flexibility index (Phi) is 5.64. The molecule has 1 heterocycles. The van der Waals surface area contributed by atoms with E-state index in [0.717, 1.165) is 16.5 Å². The number of hydrogen-bond acceptors (Lipinski definition) is 4. The van der Waals surface area contributed by atoms with E-state index in [0.29, 0.717) is 26.6 Å². The minimum absolute atomic E-state index is 0.136. The Morgan fingerprint density at radius 2 is 1.58 bits per heavy atom. The molecule has 0 aromatic heterocycles. The predicted molar refractivity (Wildman–Crippen MR) is 113 cm³/mol. The molecule has 9 heteroatoms. The molecule has 4 nitrogen and oxygen atoms in total. The molecule has 3 aromatic rings. The molecular weight excluding hydrogens is 452 g/mol. The smallest absolute Gasteiger partial charge is 0.471 e. The molecule has 0 unspecified atom stereocenters. The van der Waals surface area contributed by atoms with Gasteiger partial charge in [0.15, 0.2) is 0 Å². The summed E-state index contributed by atoms with van der Waals surface area (Å²) in [5.41, 5.74) is 10.2. The molecule has 0 fully saturated rings. The van der Waals surface area contributed by atoms with Crippen LogP contribution in [0.5, 0.6) is 5.75 Å². The summed E-state index contributed by atoms with van der Waals surface area (Å²) in [4.78, 5) is 0. The van der Waals surface area contributed by atoms with Gasteiger partial charge in [-0.1, -0.05) is 41.4 Å². The van der Waals surface area contributed by atoms with E-state index < -0.39 is 6.36 Å². The highest BCUT2D eigenvalue weighted by atomic mass is 35.5. The van der Waals surface area contributed by atoms with Crippen LogP contribution in [0.15, 0.2) is 71.7 Å². The minimum atomic E-state index is -4.75. The number of benzene rings is 3. The van der Waals surface area contributed by atoms with Gasteiger partial charge in [-0.05, 0) is 69.9 Å². The first-order chi connectivity index (χ1) is 14.7. The van der Waals surface area contributed by atoms with Crippen molar-refractivity contribution in [2.45, 2.75) is 6.36 Å². The zero-order valence-electron chi connectivity index (χ0n) is 15.6. The Labute approximate surface area is 185 Å². The lowest BCUT2D eigenvalue weighted by Gasteiger charge is -2.19. The van der Waals surface area contributed by atoms with E-state index in [2.05, 4.69) is 9.85 Å². The fourth-order valence-corrected chi connectivity index (χ4v) is 3.82. The van der Waals surface area contributed by atoms with Gasteiger partial charge in [-0.25, -0.2) is 5.53 Å². The molecule has 0 aliphatic carbocycles. The highest BCUT2D eigenvalue weighted by Crippen LogP contribution is 2.35. The number of halogens is 5. The van der Waals surface area contributed by atoms with Gasteiger partial charge in [0.1, 0.15) is 12.4 Å². The van der Waals surface area contributed by atoms with E-state index in [1.54, 1.807) is 36.4 Å². The number of rotatable bonds is 4. The van der Waals surface area contributed by atoms with Gasteiger partial charge >= 0.3 is 6.36 Å². The zero-order valence-corrected chi connectivity index (χ0v) is 17.1. The summed E-state index contributed by atoms with van der Waals surface area (Å²) >= 11 is 12.2. The third-order valence-electron chi connectivity index (χ3n) is 4.60. The van der Waals surface area contributed by atoms with Gasteiger partial charge < -0.3 is 9.47 Å². The summed E-state index contributed by atoms with van der Waals surface area (Å²) in [5, 5.41) is 5.65. The van der Waals surface area contributed by atoms with Gasteiger partial charge in [-0.15, -0.1) is 18.3 Å². The summed E-state index contributed by atoms with van der Waals surface area (Å²) in [6.45, 7) is 0.177. The second kappa shape index (κ2) is 8.24.